The van der Waals surface area contributed by atoms with Gasteiger partial charge in [0.05, 0.1) is 6.54 Å². The Bertz CT molecular complexity index is 862. The molecule has 0 atom stereocenters. The van der Waals surface area contributed by atoms with Gasteiger partial charge in [-0.15, -0.1) is 15.3 Å². The summed E-state index contributed by atoms with van der Waals surface area (Å²) >= 11 is 0. The van der Waals surface area contributed by atoms with Crippen LogP contribution in [0.1, 0.15) is 36.3 Å². The zero-order chi connectivity index (χ0) is 17.4. The second-order valence-electron chi connectivity index (χ2n) is 6.69. The van der Waals surface area contributed by atoms with Gasteiger partial charge in [-0.05, 0) is 38.1 Å². The average molecular weight is 342 g/mol. The highest BCUT2D eigenvalue weighted by atomic mass is 16.5. The summed E-state index contributed by atoms with van der Waals surface area (Å²) in [5.41, 5.74) is 0.797. The molecular weight excluding hydrogens is 320 g/mol. The Hall–Kier alpha value is -2.55. The van der Waals surface area contributed by atoms with Gasteiger partial charge in [-0.2, -0.15) is 9.50 Å². The fourth-order valence-corrected chi connectivity index (χ4v) is 3.24. The van der Waals surface area contributed by atoms with Crippen molar-refractivity contribution in [1.29, 1.82) is 0 Å². The Labute approximate surface area is 145 Å². The summed E-state index contributed by atoms with van der Waals surface area (Å²) in [5.74, 6) is 3.58. The molecule has 0 unspecified atom stereocenters. The van der Waals surface area contributed by atoms with Gasteiger partial charge >= 0.3 is 0 Å². The molecule has 9 heteroatoms. The van der Waals surface area contributed by atoms with Crippen molar-refractivity contribution in [2.24, 2.45) is 0 Å². The van der Waals surface area contributed by atoms with Crippen molar-refractivity contribution in [2.45, 2.75) is 32.2 Å². The van der Waals surface area contributed by atoms with Crippen LogP contribution in [0.15, 0.2) is 16.7 Å². The van der Waals surface area contributed by atoms with Gasteiger partial charge in [0.15, 0.2) is 17.3 Å². The third-order valence-electron chi connectivity index (χ3n) is 4.62. The lowest BCUT2D eigenvalue weighted by atomic mass is 9.96. The lowest BCUT2D eigenvalue weighted by Crippen LogP contribution is -2.33. The van der Waals surface area contributed by atoms with Crippen LogP contribution in [0.2, 0.25) is 0 Å². The smallest absolute Gasteiger partial charge is 0.223 e. The summed E-state index contributed by atoms with van der Waals surface area (Å²) in [4.78, 5) is 8.62. The molecule has 0 radical (unpaired) electrons. The van der Waals surface area contributed by atoms with E-state index < -0.39 is 0 Å². The van der Waals surface area contributed by atoms with Gasteiger partial charge in [-0.1, -0.05) is 5.16 Å². The van der Waals surface area contributed by atoms with Crippen molar-refractivity contribution in [3.05, 3.63) is 29.7 Å². The molecule has 0 aliphatic carbocycles. The minimum absolute atomic E-state index is 0.364. The minimum atomic E-state index is 0.364. The lowest BCUT2D eigenvalue weighted by molar-refractivity contribution is 0.194. The van der Waals surface area contributed by atoms with Crippen LogP contribution in [0.25, 0.3) is 5.65 Å². The number of fused-ring (bicyclic) bond motifs is 1. The van der Waals surface area contributed by atoms with E-state index in [0.29, 0.717) is 11.8 Å². The Morgan fingerprint density at radius 2 is 2.00 bits per heavy atom. The average Bonchev–Trinajstić information content (AvgIpc) is 3.21. The minimum Gasteiger partial charge on any atom is -0.361 e. The van der Waals surface area contributed by atoms with Crippen molar-refractivity contribution in [2.75, 3.05) is 32.1 Å². The fourth-order valence-electron chi connectivity index (χ4n) is 3.24. The van der Waals surface area contributed by atoms with E-state index in [1.807, 2.05) is 42.6 Å². The van der Waals surface area contributed by atoms with Crippen LogP contribution in [-0.4, -0.2) is 62.0 Å². The molecule has 4 rings (SSSR count). The molecule has 0 amide bonds. The first-order valence-electron chi connectivity index (χ1n) is 8.51. The quantitative estimate of drug-likeness (QED) is 0.700. The van der Waals surface area contributed by atoms with Crippen molar-refractivity contribution in [3.8, 4) is 0 Å². The van der Waals surface area contributed by atoms with Crippen LogP contribution < -0.4 is 4.90 Å². The molecule has 1 aliphatic heterocycles. The topological polar surface area (TPSA) is 88.5 Å². The number of nitrogens with zero attached hydrogens (tertiary/aromatic N) is 8. The summed E-state index contributed by atoms with van der Waals surface area (Å²) < 4.78 is 6.93. The van der Waals surface area contributed by atoms with Crippen LogP contribution in [0.5, 0.6) is 0 Å². The van der Waals surface area contributed by atoms with Crippen LogP contribution in [0, 0.1) is 6.92 Å². The van der Waals surface area contributed by atoms with Crippen LogP contribution >= 0.6 is 0 Å². The van der Waals surface area contributed by atoms with Gasteiger partial charge in [0.2, 0.25) is 5.89 Å². The van der Waals surface area contributed by atoms with Crippen molar-refractivity contribution < 1.29 is 4.52 Å². The van der Waals surface area contributed by atoms with E-state index in [9.17, 15) is 0 Å². The first kappa shape index (κ1) is 15.9. The highest BCUT2D eigenvalue weighted by molar-refractivity contribution is 5.45. The van der Waals surface area contributed by atoms with E-state index in [2.05, 4.69) is 30.3 Å². The second-order valence-corrected chi connectivity index (χ2v) is 6.69. The van der Waals surface area contributed by atoms with Gasteiger partial charge in [0.25, 0.3) is 0 Å². The highest BCUT2D eigenvalue weighted by Gasteiger charge is 2.26. The second kappa shape index (κ2) is 6.40. The number of hydrogen-bond donors (Lipinski definition) is 0. The van der Waals surface area contributed by atoms with Gasteiger partial charge < -0.3 is 9.42 Å². The number of piperidine rings is 1. The Morgan fingerprint density at radius 1 is 1.20 bits per heavy atom. The molecule has 1 saturated heterocycles. The molecule has 25 heavy (non-hydrogen) atoms. The zero-order valence-corrected chi connectivity index (χ0v) is 14.8. The number of aryl methyl sites for hydroxylation is 1. The maximum Gasteiger partial charge on any atom is 0.223 e. The van der Waals surface area contributed by atoms with E-state index in [0.717, 1.165) is 55.6 Å². The van der Waals surface area contributed by atoms with Crippen LogP contribution in [0.3, 0.4) is 0 Å². The molecule has 132 valence electrons. The van der Waals surface area contributed by atoms with E-state index >= 15 is 0 Å². The molecule has 3 aromatic rings. The predicted octanol–water partition coefficient (Wildman–Crippen LogP) is 1.26. The van der Waals surface area contributed by atoms with Gasteiger partial charge in [-0.3, -0.25) is 4.90 Å². The number of likely N-dealkylation sites (tertiary alicyclic amines) is 1. The first-order valence-corrected chi connectivity index (χ1v) is 8.51. The molecule has 0 N–H and O–H groups in total. The Balaban J connectivity index is 1.47. The van der Waals surface area contributed by atoms with Gasteiger partial charge in [0, 0.05) is 26.9 Å². The van der Waals surface area contributed by atoms with E-state index in [4.69, 9.17) is 4.52 Å². The molecule has 0 spiro atoms. The summed E-state index contributed by atoms with van der Waals surface area (Å²) in [6, 6.07) is 3.93. The third-order valence-corrected chi connectivity index (χ3v) is 4.62. The molecule has 0 bridgehead atoms. The molecule has 0 saturated carbocycles. The highest BCUT2D eigenvalue weighted by Crippen LogP contribution is 2.27. The monoisotopic (exact) mass is 342 g/mol. The van der Waals surface area contributed by atoms with E-state index in [-0.39, 0.29) is 0 Å². The van der Waals surface area contributed by atoms with Crippen molar-refractivity contribution in [3.63, 3.8) is 0 Å². The lowest BCUT2D eigenvalue weighted by Gasteiger charge is -2.30. The standard InChI is InChI=1S/C16H22N8O/c1-11-17-13(21-25-11)10-23-8-6-12(7-9-23)16-19-18-14-4-5-15(22(2)3)20-24(14)16/h4-5,12H,6-10H2,1-3H3. The van der Waals surface area contributed by atoms with Gasteiger partial charge in [0.1, 0.15) is 5.82 Å². The van der Waals surface area contributed by atoms with Crippen molar-refractivity contribution >= 4 is 11.5 Å². The summed E-state index contributed by atoms with van der Waals surface area (Å²) in [5, 5.41) is 17.3. The molecule has 1 aliphatic rings. The van der Waals surface area contributed by atoms with E-state index in [1.54, 1.807) is 0 Å². The molecule has 9 nitrogen and oxygen atoms in total. The molecule has 0 aromatic carbocycles. The fraction of sp³-hybridized carbons (Fsp3) is 0.562. The largest absolute Gasteiger partial charge is 0.361 e. The Morgan fingerprint density at radius 3 is 2.68 bits per heavy atom. The first-order chi connectivity index (χ1) is 12.1. The SMILES string of the molecule is Cc1nc(CN2CCC(c3nnc4ccc(N(C)C)nn34)CC2)no1. The predicted molar refractivity (Wildman–Crippen MR) is 91.4 cm³/mol. The summed E-state index contributed by atoms with van der Waals surface area (Å²) in [6.07, 6.45) is 2.04. The summed E-state index contributed by atoms with van der Waals surface area (Å²) in [7, 11) is 3.96. The van der Waals surface area contributed by atoms with Crippen LogP contribution in [-0.2, 0) is 6.54 Å². The summed E-state index contributed by atoms with van der Waals surface area (Å²) in [6.45, 7) is 4.49. The number of aromatic nitrogens is 6. The van der Waals surface area contributed by atoms with Gasteiger partial charge in [-0.25, -0.2) is 0 Å². The normalized spacial score (nSPS) is 16.6. The molecular formula is C16H22N8O. The van der Waals surface area contributed by atoms with Crippen molar-refractivity contribution in [1.82, 2.24) is 34.9 Å². The van der Waals surface area contributed by atoms with E-state index in [1.165, 1.54) is 0 Å². The number of hydrogen-bond acceptors (Lipinski definition) is 8. The number of rotatable bonds is 4. The maximum atomic E-state index is 5.04. The zero-order valence-electron chi connectivity index (χ0n) is 14.8. The Kier molecular flexibility index (Phi) is 4.08. The maximum absolute atomic E-state index is 5.04. The molecule has 1 fully saturated rings. The molecule has 3 aromatic heterocycles. The third kappa shape index (κ3) is 3.19. The van der Waals surface area contributed by atoms with Crippen LogP contribution in [0.4, 0.5) is 5.82 Å². The number of anilines is 1. The molecule has 4 heterocycles.